The molecular formula is C21H15ClN4O2. The minimum Gasteiger partial charge on any atom is -0.508 e. The van der Waals surface area contributed by atoms with Crippen molar-refractivity contribution in [2.24, 2.45) is 0 Å². The number of rotatable bonds is 3. The average Bonchev–Trinajstić information content (AvgIpc) is 3.26. The molecule has 0 atom stereocenters. The molecule has 1 N–H and O–H groups in total. The van der Waals surface area contributed by atoms with Crippen LogP contribution in [0, 0.1) is 6.92 Å². The van der Waals surface area contributed by atoms with E-state index in [-0.39, 0.29) is 5.75 Å². The summed E-state index contributed by atoms with van der Waals surface area (Å²) in [6, 6.07) is 10.9. The number of nitrogens with zero attached hydrogens (tertiary/aromatic N) is 4. The van der Waals surface area contributed by atoms with E-state index in [1.165, 1.54) is 0 Å². The summed E-state index contributed by atoms with van der Waals surface area (Å²) in [5, 5.41) is 11.3. The van der Waals surface area contributed by atoms with E-state index in [2.05, 4.69) is 19.5 Å². The summed E-state index contributed by atoms with van der Waals surface area (Å²) in [6.45, 7) is 1.95. The maximum Gasteiger partial charge on any atom is 0.140 e. The van der Waals surface area contributed by atoms with Gasteiger partial charge in [0.15, 0.2) is 0 Å². The molecule has 0 aliphatic rings. The van der Waals surface area contributed by atoms with Gasteiger partial charge in [-0.1, -0.05) is 11.6 Å². The number of phenolic OH excluding ortho intramolecular Hbond substituents is 1. The van der Waals surface area contributed by atoms with E-state index in [1.54, 1.807) is 36.9 Å². The zero-order chi connectivity index (χ0) is 19.3. The lowest BCUT2D eigenvalue weighted by Gasteiger charge is -2.14. The van der Waals surface area contributed by atoms with Gasteiger partial charge in [0, 0.05) is 18.7 Å². The lowest BCUT2D eigenvalue weighted by Crippen LogP contribution is -2.03. The Hall–Kier alpha value is -3.38. The summed E-state index contributed by atoms with van der Waals surface area (Å²) in [5.74, 6) is 1.02. The van der Waals surface area contributed by atoms with Crippen LogP contribution in [0.4, 0.5) is 0 Å². The van der Waals surface area contributed by atoms with Gasteiger partial charge in [-0.25, -0.2) is 9.97 Å². The summed E-state index contributed by atoms with van der Waals surface area (Å²) in [4.78, 5) is 13.2. The largest absolute Gasteiger partial charge is 0.508 e. The fourth-order valence-corrected chi connectivity index (χ4v) is 3.81. The minimum absolute atomic E-state index is 0.188. The molecule has 138 valence electrons. The summed E-state index contributed by atoms with van der Waals surface area (Å²) in [7, 11) is 0. The van der Waals surface area contributed by atoms with E-state index < -0.39 is 0 Å². The number of aryl methyl sites for hydroxylation is 1. The quantitative estimate of drug-likeness (QED) is 0.447. The van der Waals surface area contributed by atoms with Gasteiger partial charge in [-0.2, -0.15) is 0 Å². The Balaban J connectivity index is 1.67. The normalized spacial score (nSPS) is 11.5. The van der Waals surface area contributed by atoms with E-state index >= 15 is 0 Å². The van der Waals surface area contributed by atoms with Gasteiger partial charge in [-0.3, -0.25) is 9.55 Å². The topological polar surface area (TPSA) is 77.0 Å². The number of pyridine rings is 2. The highest BCUT2D eigenvalue weighted by Crippen LogP contribution is 2.29. The molecule has 0 saturated carbocycles. The molecule has 0 fully saturated rings. The number of benzene rings is 1. The number of hydrogen-bond donors (Lipinski definition) is 1. The minimum atomic E-state index is 0.188. The number of imidazole rings is 1. The number of aromatic hydroxyl groups is 1. The molecule has 6 nitrogen and oxygen atoms in total. The predicted octanol–water partition coefficient (Wildman–Crippen LogP) is 4.82. The van der Waals surface area contributed by atoms with Crippen LogP contribution in [-0.4, -0.2) is 24.6 Å². The van der Waals surface area contributed by atoms with Gasteiger partial charge in [-0.15, -0.1) is 0 Å². The fraction of sp³-hybridized carbons (Fsp3) is 0.0952. The predicted molar refractivity (Wildman–Crippen MR) is 107 cm³/mol. The van der Waals surface area contributed by atoms with Crippen LogP contribution >= 0.6 is 11.6 Å². The number of hydrogen-bond acceptors (Lipinski definition) is 5. The van der Waals surface area contributed by atoms with Crippen LogP contribution in [0.25, 0.3) is 27.7 Å². The Morgan fingerprint density at radius 1 is 1.14 bits per heavy atom. The molecule has 5 aromatic rings. The van der Waals surface area contributed by atoms with Crippen LogP contribution < -0.4 is 0 Å². The summed E-state index contributed by atoms with van der Waals surface area (Å²) >= 11 is 6.30. The number of fused-ring (bicyclic) bond motifs is 2. The number of halogens is 1. The highest BCUT2D eigenvalue weighted by atomic mass is 35.5. The molecule has 0 spiro atoms. The first-order valence-corrected chi connectivity index (χ1v) is 9.12. The molecule has 7 heteroatoms. The highest BCUT2D eigenvalue weighted by molar-refractivity contribution is 6.34. The first-order chi connectivity index (χ1) is 13.6. The number of furan rings is 1. The molecule has 4 aromatic heterocycles. The van der Waals surface area contributed by atoms with Gasteiger partial charge in [0.1, 0.15) is 27.8 Å². The van der Waals surface area contributed by atoms with Crippen molar-refractivity contribution in [1.82, 2.24) is 19.5 Å². The number of phenols is 1. The van der Waals surface area contributed by atoms with Crippen LogP contribution in [0.5, 0.6) is 5.75 Å². The van der Waals surface area contributed by atoms with Crippen molar-refractivity contribution >= 4 is 33.6 Å². The Kier molecular flexibility index (Phi) is 3.80. The molecule has 1 aromatic carbocycles. The second kappa shape index (κ2) is 6.35. The monoisotopic (exact) mass is 390 g/mol. The van der Waals surface area contributed by atoms with Gasteiger partial charge in [0.05, 0.1) is 34.7 Å². The lowest BCUT2D eigenvalue weighted by atomic mass is 10.1. The smallest absolute Gasteiger partial charge is 0.140 e. The van der Waals surface area contributed by atoms with Gasteiger partial charge in [0.2, 0.25) is 0 Å². The summed E-state index contributed by atoms with van der Waals surface area (Å²) in [5.41, 5.74) is 5.02. The van der Waals surface area contributed by atoms with Crippen LogP contribution in [-0.2, 0) is 6.42 Å². The molecule has 28 heavy (non-hydrogen) atoms. The van der Waals surface area contributed by atoms with Crippen molar-refractivity contribution < 1.29 is 9.52 Å². The fourth-order valence-electron chi connectivity index (χ4n) is 3.55. The molecular weight excluding hydrogens is 376 g/mol. The number of aromatic nitrogens is 4. The molecule has 5 rings (SSSR count). The molecule has 4 heterocycles. The highest BCUT2D eigenvalue weighted by Gasteiger charge is 2.15. The second-order valence-electron chi connectivity index (χ2n) is 6.59. The zero-order valence-corrected chi connectivity index (χ0v) is 15.7. The standard InChI is InChI=1S/C21H15ClN4O2/c1-12-24-17-11-23-6-4-19(17)26(12)18-3-2-15(27)9-13(18)8-14-10-20-16(5-7-28-20)21(22)25-14/h2-7,9-11,27H,8H2,1H3. The van der Waals surface area contributed by atoms with E-state index in [0.29, 0.717) is 17.2 Å². The molecule has 0 saturated heterocycles. The van der Waals surface area contributed by atoms with E-state index in [4.69, 9.17) is 16.0 Å². The van der Waals surface area contributed by atoms with Crippen LogP contribution in [0.3, 0.4) is 0 Å². The summed E-state index contributed by atoms with van der Waals surface area (Å²) in [6.07, 6.45) is 5.55. The molecule has 0 aliphatic carbocycles. The first kappa shape index (κ1) is 16.8. The van der Waals surface area contributed by atoms with Crippen molar-refractivity contribution in [2.75, 3.05) is 0 Å². The average molecular weight is 391 g/mol. The SMILES string of the molecule is Cc1nc2cnccc2n1-c1ccc(O)cc1Cc1cc2occc2c(Cl)n1. The van der Waals surface area contributed by atoms with Gasteiger partial charge in [0.25, 0.3) is 0 Å². The molecule has 0 amide bonds. The Bertz CT molecular complexity index is 1340. The van der Waals surface area contributed by atoms with Crippen molar-refractivity contribution in [1.29, 1.82) is 0 Å². The Morgan fingerprint density at radius 2 is 2.04 bits per heavy atom. The van der Waals surface area contributed by atoms with E-state index in [9.17, 15) is 5.11 Å². The van der Waals surface area contributed by atoms with Crippen molar-refractivity contribution in [3.05, 3.63) is 77.3 Å². The van der Waals surface area contributed by atoms with E-state index in [0.717, 1.165) is 39.2 Å². The zero-order valence-electron chi connectivity index (χ0n) is 14.9. The molecule has 0 bridgehead atoms. The first-order valence-electron chi connectivity index (χ1n) is 8.74. The third-order valence-corrected chi connectivity index (χ3v) is 5.05. The third kappa shape index (κ3) is 2.70. The van der Waals surface area contributed by atoms with Crippen LogP contribution in [0.1, 0.15) is 17.1 Å². The molecule has 0 unspecified atom stereocenters. The second-order valence-corrected chi connectivity index (χ2v) is 6.94. The van der Waals surface area contributed by atoms with Gasteiger partial charge in [-0.05, 0) is 42.8 Å². The Morgan fingerprint density at radius 3 is 2.93 bits per heavy atom. The maximum absolute atomic E-state index is 10.1. The van der Waals surface area contributed by atoms with Crippen molar-refractivity contribution in [3.8, 4) is 11.4 Å². The molecule has 0 aliphatic heterocycles. The maximum atomic E-state index is 10.1. The molecule has 0 radical (unpaired) electrons. The summed E-state index contributed by atoms with van der Waals surface area (Å²) < 4.78 is 7.54. The van der Waals surface area contributed by atoms with Crippen molar-refractivity contribution in [3.63, 3.8) is 0 Å². The van der Waals surface area contributed by atoms with Crippen LogP contribution in [0.15, 0.2) is 59.5 Å². The third-order valence-electron chi connectivity index (χ3n) is 4.76. The Labute approximate surface area is 165 Å². The van der Waals surface area contributed by atoms with Crippen LogP contribution in [0.2, 0.25) is 5.15 Å². The van der Waals surface area contributed by atoms with Gasteiger partial charge < -0.3 is 9.52 Å². The lowest BCUT2D eigenvalue weighted by molar-refractivity contribution is 0.474. The van der Waals surface area contributed by atoms with E-state index in [1.807, 2.05) is 25.1 Å². The van der Waals surface area contributed by atoms with Crippen molar-refractivity contribution in [2.45, 2.75) is 13.3 Å². The van der Waals surface area contributed by atoms with Gasteiger partial charge >= 0.3 is 0 Å².